The molecule has 1 atom stereocenters. The second kappa shape index (κ2) is 9.23. The van der Waals surface area contributed by atoms with Gasteiger partial charge in [-0.1, -0.05) is 26.0 Å². The quantitative estimate of drug-likeness (QED) is 0.686. The fourth-order valence-corrected chi connectivity index (χ4v) is 2.05. The fourth-order valence-electron chi connectivity index (χ4n) is 2.05. The second-order valence-electron chi connectivity index (χ2n) is 5.52. The minimum absolute atomic E-state index is 0.249. The number of ether oxygens (including phenoxy) is 1. The summed E-state index contributed by atoms with van der Waals surface area (Å²) in [6, 6.07) is 7.51. The Kier molecular flexibility index (Phi) is 7.61. The van der Waals surface area contributed by atoms with Crippen molar-refractivity contribution < 1.29 is 14.6 Å². The molecule has 0 fully saturated rings. The van der Waals surface area contributed by atoms with Gasteiger partial charge in [-0.05, 0) is 36.5 Å². The van der Waals surface area contributed by atoms with Crippen LogP contribution in [-0.2, 0) is 6.42 Å². The van der Waals surface area contributed by atoms with Crippen LogP contribution >= 0.6 is 0 Å². The van der Waals surface area contributed by atoms with Gasteiger partial charge in [0, 0.05) is 13.1 Å². The van der Waals surface area contributed by atoms with E-state index in [2.05, 4.69) is 10.6 Å². The zero-order valence-corrected chi connectivity index (χ0v) is 13.1. The van der Waals surface area contributed by atoms with Gasteiger partial charge in [-0.25, -0.2) is 4.79 Å². The molecule has 1 aromatic rings. The van der Waals surface area contributed by atoms with Gasteiger partial charge in [-0.3, -0.25) is 0 Å². The molecule has 118 valence electrons. The van der Waals surface area contributed by atoms with Crippen LogP contribution in [0.25, 0.3) is 0 Å². The van der Waals surface area contributed by atoms with Crippen molar-refractivity contribution in [2.24, 2.45) is 5.92 Å². The number of nitrogens with one attached hydrogen (secondary N) is 2. The van der Waals surface area contributed by atoms with Crippen LogP contribution in [0.1, 0.15) is 25.8 Å². The molecule has 0 radical (unpaired) electrons. The van der Waals surface area contributed by atoms with Crippen molar-refractivity contribution in [2.45, 2.75) is 32.8 Å². The lowest BCUT2D eigenvalue weighted by atomic mass is 10.1. The summed E-state index contributed by atoms with van der Waals surface area (Å²) >= 11 is 0. The first-order valence-electron chi connectivity index (χ1n) is 7.34. The third-order valence-corrected chi connectivity index (χ3v) is 3.08. The molecule has 0 aromatic heterocycles. The summed E-state index contributed by atoms with van der Waals surface area (Å²) in [4.78, 5) is 11.6. The number of hydrogen-bond donors (Lipinski definition) is 3. The summed E-state index contributed by atoms with van der Waals surface area (Å²) in [5.74, 6) is 1.23. The molecule has 0 heterocycles. The first kappa shape index (κ1) is 17.3. The van der Waals surface area contributed by atoms with Crippen molar-refractivity contribution in [2.75, 3.05) is 20.2 Å². The number of benzene rings is 1. The molecule has 1 aromatic carbocycles. The average molecular weight is 294 g/mol. The van der Waals surface area contributed by atoms with E-state index in [-0.39, 0.29) is 12.6 Å². The maximum absolute atomic E-state index is 11.6. The van der Waals surface area contributed by atoms with Crippen molar-refractivity contribution in [3.05, 3.63) is 29.8 Å². The molecule has 1 rings (SSSR count). The van der Waals surface area contributed by atoms with E-state index in [1.54, 1.807) is 7.11 Å². The second-order valence-corrected chi connectivity index (χ2v) is 5.52. The molecule has 0 aliphatic carbocycles. The summed E-state index contributed by atoms with van der Waals surface area (Å²) in [6.07, 6.45) is 0.928. The Morgan fingerprint density at radius 1 is 1.33 bits per heavy atom. The van der Waals surface area contributed by atoms with E-state index in [4.69, 9.17) is 4.74 Å². The monoisotopic (exact) mass is 294 g/mol. The third kappa shape index (κ3) is 7.56. The Morgan fingerprint density at radius 3 is 2.76 bits per heavy atom. The predicted molar refractivity (Wildman–Crippen MR) is 83.6 cm³/mol. The molecule has 1 unspecified atom stereocenters. The minimum Gasteiger partial charge on any atom is -0.497 e. The van der Waals surface area contributed by atoms with Crippen molar-refractivity contribution in [3.63, 3.8) is 0 Å². The summed E-state index contributed by atoms with van der Waals surface area (Å²) in [5.41, 5.74) is 1.11. The van der Waals surface area contributed by atoms with Gasteiger partial charge in [0.15, 0.2) is 0 Å². The number of carbonyl (C=O) groups is 1. The van der Waals surface area contributed by atoms with Crippen LogP contribution in [0.15, 0.2) is 24.3 Å². The van der Waals surface area contributed by atoms with Crippen LogP contribution in [0.5, 0.6) is 5.75 Å². The first-order chi connectivity index (χ1) is 10.0. The van der Waals surface area contributed by atoms with Crippen LogP contribution in [-0.4, -0.2) is 37.4 Å². The molecule has 21 heavy (non-hydrogen) atoms. The van der Waals surface area contributed by atoms with Gasteiger partial charge in [-0.15, -0.1) is 0 Å². The maximum Gasteiger partial charge on any atom is 0.314 e. The summed E-state index contributed by atoms with van der Waals surface area (Å²) < 4.78 is 5.15. The van der Waals surface area contributed by atoms with Crippen molar-refractivity contribution in [3.8, 4) is 5.75 Å². The highest BCUT2D eigenvalue weighted by Gasteiger charge is 2.08. The van der Waals surface area contributed by atoms with Gasteiger partial charge in [0.05, 0.1) is 13.2 Å². The van der Waals surface area contributed by atoms with Crippen LogP contribution in [0.4, 0.5) is 4.79 Å². The standard InChI is InChI=1S/C16H26N2O3/c1-12(2)9-14(19)11-18-16(20)17-8-7-13-5-4-6-15(10-13)21-3/h4-6,10,12,14,19H,7-9,11H2,1-3H3,(H2,17,18,20). The molecule has 5 nitrogen and oxygen atoms in total. The molecule has 0 spiro atoms. The molecule has 0 saturated heterocycles. The predicted octanol–water partition coefficient (Wildman–Crippen LogP) is 1.94. The average Bonchev–Trinajstić information content (AvgIpc) is 2.44. The number of urea groups is 1. The molecule has 0 aliphatic rings. The highest BCUT2D eigenvalue weighted by Crippen LogP contribution is 2.12. The Balaban J connectivity index is 2.21. The SMILES string of the molecule is COc1cccc(CCNC(=O)NCC(O)CC(C)C)c1. The van der Waals surface area contributed by atoms with Gasteiger partial charge in [0.2, 0.25) is 0 Å². The van der Waals surface area contributed by atoms with Crippen molar-refractivity contribution in [1.82, 2.24) is 10.6 Å². The van der Waals surface area contributed by atoms with Gasteiger partial charge >= 0.3 is 6.03 Å². The molecule has 3 N–H and O–H groups in total. The Bertz CT molecular complexity index is 435. The van der Waals surface area contributed by atoms with Gasteiger partial charge < -0.3 is 20.5 Å². The van der Waals surface area contributed by atoms with Crippen molar-refractivity contribution in [1.29, 1.82) is 0 Å². The van der Waals surface area contributed by atoms with E-state index in [0.29, 0.717) is 18.9 Å². The number of hydrogen-bond acceptors (Lipinski definition) is 3. The Morgan fingerprint density at radius 2 is 2.10 bits per heavy atom. The molecular formula is C16H26N2O3. The van der Waals surface area contributed by atoms with E-state index in [1.165, 1.54) is 0 Å². The van der Waals surface area contributed by atoms with Crippen LogP contribution < -0.4 is 15.4 Å². The van der Waals surface area contributed by atoms with Crippen LogP contribution in [0, 0.1) is 5.92 Å². The largest absolute Gasteiger partial charge is 0.497 e. The van der Waals surface area contributed by atoms with Crippen molar-refractivity contribution >= 4 is 6.03 Å². The van der Waals surface area contributed by atoms with Crippen LogP contribution in [0.2, 0.25) is 0 Å². The minimum atomic E-state index is -0.492. The van der Waals surface area contributed by atoms with E-state index < -0.39 is 6.10 Å². The first-order valence-corrected chi connectivity index (χ1v) is 7.34. The Labute approximate surface area is 126 Å². The lowest BCUT2D eigenvalue weighted by Crippen LogP contribution is -2.40. The van der Waals surface area contributed by atoms with E-state index >= 15 is 0 Å². The van der Waals surface area contributed by atoms with E-state index in [0.717, 1.165) is 17.7 Å². The number of aliphatic hydroxyl groups excluding tert-OH is 1. The number of amides is 2. The molecular weight excluding hydrogens is 268 g/mol. The Hall–Kier alpha value is -1.75. The zero-order valence-electron chi connectivity index (χ0n) is 13.1. The molecule has 0 bridgehead atoms. The highest BCUT2D eigenvalue weighted by atomic mass is 16.5. The molecule has 0 saturated carbocycles. The van der Waals surface area contributed by atoms with Crippen LogP contribution in [0.3, 0.4) is 0 Å². The lowest BCUT2D eigenvalue weighted by molar-refractivity contribution is 0.147. The highest BCUT2D eigenvalue weighted by molar-refractivity contribution is 5.73. The number of carbonyl (C=O) groups excluding carboxylic acids is 1. The van der Waals surface area contributed by atoms with E-state index in [9.17, 15) is 9.90 Å². The molecule has 2 amide bonds. The van der Waals surface area contributed by atoms with Gasteiger partial charge in [-0.2, -0.15) is 0 Å². The summed E-state index contributed by atoms with van der Waals surface area (Å²) in [6.45, 7) is 4.90. The maximum atomic E-state index is 11.6. The molecule has 5 heteroatoms. The topological polar surface area (TPSA) is 70.6 Å². The third-order valence-electron chi connectivity index (χ3n) is 3.08. The van der Waals surface area contributed by atoms with Gasteiger partial charge in [0.1, 0.15) is 5.75 Å². The number of rotatable bonds is 8. The summed E-state index contributed by atoms with van der Waals surface area (Å²) in [7, 11) is 1.63. The van der Waals surface area contributed by atoms with Gasteiger partial charge in [0.25, 0.3) is 0 Å². The normalized spacial score (nSPS) is 12.0. The zero-order chi connectivity index (χ0) is 15.7. The smallest absolute Gasteiger partial charge is 0.314 e. The number of methoxy groups -OCH3 is 1. The van der Waals surface area contributed by atoms with E-state index in [1.807, 2.05) is 38.1 Å². The fraction of sp³-hybridized carbons (Fsp3) is 0.562. The molecule has 0 aliphatic heterocycles. The summed E-state index contributed by atoms with van der Waals surface area (Å²) in [5, 5.41) is 15.1. The lowest BCUT2D eigenvalue weighted by Gasteiger charge is -2.14. The number of aliphatic hydroxyl groups is 1.